The Kier molecular flexibility index (Phi) is 3.93. The van der Waals surface area contributed by atoms with Gasteiger partial charge in [0.25, 0.3) is 5.91 Å². The van der Waals surface area contributed by atoms with Gasteiger partial charge in [-0.25, -0.2) is 4.98 Å². The predicted molar refractivity (Wildman–Crippen MR) is 100 cm³/mol. The number of H-pyrrole nitrogens is 1. The van der Waals surface area contributed by atoms with Crippen molar-refractivity contribution in [3.63, 3.8) is 0 Å². The molecule has 0 spiro atoms. The van der Waals surface area contributed by atoms with Crippen LogP contribution in [-0.2, 0) is 13.5 Å². The average Bonchev–Trinajstić information content (AvgIpc) is 3.16. The number of rotatable bonds is 4. The summed E-state index contributed by atoms with van der Waals surface area (Å²) in [6.45, 7) is 0.574. The Bertz CT molecular complexity index is 1080. The van der Waals surface area contributed by atoms with Crippen molar-refractivity contribution in [1.29, 1.82) is 0 Å². The topological polar surface area (TPSA) is 62.7 Å². The van der Waals surface area contributed by atoms with Gasteiger partial charge in [0.1, 0.15) is 0 Å². The second-order valence-corrected chi connectivity index (χ2v) is 6.35. The summed E-state index contributed by atoms with van der Waals surface area (Å²) in [6.07, 6.45) is 2.77. The molecule has 0 aliphatic rings. The van der Waals surface area contributed by atoms with Crippen molar-refractivity contribution in [2.75, 3.05) is 6.54 Å². The van der Waals surface area contributed by atoms with Gasteiger partial charge in [0.15, 0.2) is 0 Å². The normalized spacial score (nSPS) is 11.3. The number of hydrogen-bond acceptors (Lipinski definition) is 2. The third-order valence-electron chi connectivity index (χ3n) is 4.44. The third-order valence-corrected chi connectivity index (χ3v) is 4.78. The molecule has 6 heteroatoms. The molecule has 2 aromatic heterocycles. The molecule has 0 aliphatic heterocycles. The molecule has 4 rings (SSSR count). The molecule has 0 saturated heterocycles. The molecule has 126 valence electrons. The quantitative estimate of drug-likeness (QED) is 0.588. The molecule has 2 aromatic carbocycles. The van der Waals surface area contributed by atoms with Crippen LogP contribution in [0.3, 0.4) is 0 Å². The maximum atomic E-state index is 12.4. The SMILES string of the molecule is Cn1c(Cl)nc2ccc(C(=O)NCCc3c[nH]c4ccccc34)cc21. The number of benzene rings is 2. The molecule has 0 aliphatic carbocycles. The molecule has 0 radical (unpaired) electrons. The van der Waals surface area contributed by atoms with Crippen LogP contribution in [0.5, 0.6) is 0 Å². The Balaban J connectivity index is 1.46. The summed E-state index contributed by atoms with van der Waals surface area (Å²) in [5.41, 5.74) is 4.54. The molecular formula is C19H17ClN4O. The van der Waals surface area contributed by atoms with Crippen LogP contribution in [0.2, 0.25) is 5.28 Å². The van der Waals surface area contributed by atoms with Crippen LogP contribution in [0.25, 0.3) is 21.9 Å². The standard InChI is InChI=1S/C19H17ClN4O/c1-24-17-10-12(6-7-16(17)23-19(24)20)18(25)21-9-8-13-11-22-15-5-3-2-4-14(13)15/h2-7,10-11,22H,8-9H2,1H3,(H,21,25). The fourth-order valence-corrected chi connectivity index (χ4v) is 3.23. The van der Waals surface area contributed by atoms with Crippen molar-refractivity contribution in [1.82, 2.24) is 19.9 Å². The van der Waals surface area contributed by atoms with E-state index in [1.165, 1.54) is 10.9 Å². The number of fused-ring (bicyclic) bond motifs is 2. The number of nitrogens with one attached hydrogen (secondary N) is 2. The van der Waals surface area contributed by atoms with Crippen LogP contribution in [0.4, 0.5) is 0 Å². The summed E-state index contributed by atoms with van der Waals surface area (Å²) in [7, 11) is 1.83. The number of aromatic nitrogens is 3. The Morgan fingerprint density at radius 1 is 1.28 bits per heavy atom. The van der Waals surface area contributed by atoms with Gasteiger partial charge in [0.05, 0.1) is 11.0 Å². The Hall–Kier alpha value is -2.79. The summed E-state index contributed by atoms with van der Waals surface area (Å²) < 4.78 is 1.76. The molecule has 0 fully saturated rings. The Morgan fingerprint density at radius 2 is 2.12 bits per heavy atom. The van der Waals surface area contributed by atoms with E-state index in [9.17, 15) is 4.79 Å². The van der Waals surface area contributed by atoms with Crippen molar-refractivity contribution >= 4 is 39.4 Å². The van der Waals surface area contributed by atoms with E-state index in [0.29, 0.717) is 17.4 Å². The number of para-hydroxylation sites is 1. The minimum atomic E-state index is -0.0981. The minimum absolute atomic E-state index is 0.0981. The lowest BCUT2D eigenvalue weighted by Gasteiger charge is -2.05. The van der Waals surface area contributed by atoms with Crippen LogP contribution >= 0.6 is 11.6 Å². The summed E-state index contributed by atoms with van der Waals surface area (Å²) >= 11 is 6.02. The van der Waals surface area contributed by atoms with E-state index in [4.69, 9.17) is 11.6 Å². The maximum absolute atomic E-state index is 12.4. The van der Waals surface area contributed by atoms with Gasteiger partial charge in [-0.05, 0) is 47.9 Å². The van der Waals surface area contributed by atoms with Gasteiger partial charge in [-0.1, -0.05) is 18.2 Å². The van der Waals surface area contributed by atoms with Crippen molar-refractivity contribution in [2.24, 2.45) is 7.05 Å². The zero-order chi connectivity index (χ0) is 17.4. The molecule has 0 saturated carbocycles. The lowest BCUT2D eigenvalue weighted by molar-refractivity contribution is 0.0954. The van der Waals surface area contributed by atoms with E-state index < -0.39 is 0 Å². The number of carbonyl (C=O) groups is 1. The highest BCUT2D eigenvalue weighted by Crippen LogP contribution is 2.20. The number of carbonyl (C=O) groups excluding carboxylic acids is 1. The molecule has 25 heavy (non-hydrogen) atoms. The monoisotopic (exact) mass is 352 g/mol. The highest BCUT2D eigenvalue weighted by Gasteiger charge is 2.11. The second kappa shape index (κ2) is 6.26. The Labute approximate surface area is 149 Å². The zero-order valence-electron chi connectivity index (χ0n) is 13.7. The molecule has 0 bridgehead atoms. The molecule has 2 heterocycles. The summed E-state index contributed by atoms with van der Waals surface area (Å²) in [5.74, 6) is -0.0981. The molecule has 5 nitrogen and oxygen atoms in total. The van der Waals surface area contributed by atoms with E-state index >= 15 is 0 Å². The Morgan fingerprint density at radius 3 is 3.00 bits per heavy atom. The van der Waals surface area contributed by atoms with Crippen LogP contribution < -0.4 is 5.32 Å². The maximum Gasteiger partial charge on any atom is 0.251 e. The third kappa shape index (κ3) is 2.87. The van der Waals surface area contributed by atoms with Crippen LogP contribution in [0.1, 0.15) is 15.9 Å². The largest absolute Gasteiger partial charge is 0.361 e. The molecular weight excluding hydrogens is 336 g/mol. The number of amides is 1. The van der Waals surface area contributed by atoms with Gasteiger partial charge in [-0.3, -0.25) is 4.79 Å². The number of halogens is 1. The smallest absolute Gasteiger partial charge is 0.251 e. The number of nitrogens with zero attached hydrogens (tertiary/aromatic N) is 2. The van der Waals surface area contributed by atoms with E-state index in [1.807, 2.05) is 43.6 Å². The first-order valence-corrected chi connectivity index (χ1v) is 8.46. The molecule has 1 amide bonds. The highest BCUT2D eigenvalue weighted by atomic mass is 35.5. The highest BCUT2D eigenvalue weighted by molar-refractivity contribution is 6.29. The molecule has 2 N–H and O–H groups in total. The minimum Gasteiger partial charge on any atom is -0.361 e. The van der Waals surface area contributed by atoms with E-state index in [-0.39, 0.29) is 5.91 Å². The van der Waals surface area contributed by atoms with E-state index in [2.05, 4.69) is 21.4 Å². The second-order valence-electron chi connectivity index (χ2n) is 6.01. The van der Waals surface area contributed by atoms with Crippen molar-refractivity contribution in [3.05, 3.63) is 65.1 Å². The van der Waals surface area contributed by atoms with Gasteiger partial charge < -0.3 is 14.9 Å². The zero-order valence-corrected chi connectivity index (χ0v) is 14.5. The van der Waals surface area contributed by atoms with Crippen molar-refractivity contribution in [3.8, 4) is 0 Å². The lowest BCUT2D eigenvalue weighted by Crippen LogP contribution is -2.25. The van der Waals surface area contributed by atoms with E-state index in [1.54, 1.807) is 10.6 Å². The number of imidazole rings is 1. The van der Waals surface area contributed by atoms with Crippen LogP contribution in [-0.4, -0.2) is 27.0 Å². The number of aromatic amines is 1. The predicted octanol–water partition coefficient (Wildman–Crippen LogP) is 3.68. The first kappa shape index (κ1) is 15.7. The van der Waals surface area contributed by atoms with Gasteiger partial charge in [0, 0.05) is 36.3 Å². The summed E-state index contributed by atoms with van der Waals surface area (Å²) in [5, 5.41) is 4.58. The summed E-state index contributed by atoms with van der Waals surface area (Å²) in [4.78, 5) is 19.9. The average molecular weight is 353 g/mol. The number of hydrogen-bond donors (Lipinski definition) is 2. The van der Waals surface area contributed by atoms with Gasteiger partial charge in [-0.15, -0.1) is 0 Å². The fraction of sp³-hybridized carbons (Fsp3) is 0.158. The first-order valence-electron chi connectivity index (χ1n) is 8.08. The van der Waals surface area contributed by atoms with Gasteiger partial charge >= 0.3 is 0 Å². The lowest BCUT2D eigenvalue weighted by atomic mass is 10.1. The van der Waals surface area contributed by atoms with E-state index in [0.717, 1.165) is 23.0 Å². The van der Waals surface area contributed by atoms with Crippen molar-refractivity contribution in [2.45, 2.75) is 6.42 Å². The summed E-state index contributed by atoms with van der Waals surface area (Å²) in [6, 6.07) is 13.6. The molecule has 4 aromatic rings. The van der Waals surface area contributed by atoms with Crippen molar-refractivity contribution < 1.29 is 4.79 Å². The van der Waals surface area contributed by atoms with Gasteiger partial charge in [0.2, 0.25) is 5.28 Å². The molecule has 0 unspecified atom stereocenters. The first-order chi connectivity index (χ1) is 12.1. The van der Waals surface area contributed by atoms with Crippen LogP contribution in [0, 0.1) is 0 Å². The van der Waals surface area contributed by atoms with Crippen LogP contribution in [0.15, 0.2) is 48.7 Å². The number of aryl methyl sites for hydroxylation is 1. The van der Waals surface area contributed by atoms with Gasteiger partial charge in [-0.2, -0.15) is 0 Å². The fourth-order valence-electron chi connectivity index (χ4n) is 3.05. The molecule has 0 atom stereocenters.